The van der Waals surface area contributed by atoms with Crippen LogP contribution in [0.15, 0.2) is 41.2 Å². The highest BCUT2D eigenvalue weighted by Crippen LogP contribution is 2.29. The molecule has 1 fully saturated rings. The first-order chi connectivity index (χ1) is 14.1. The summed E-state index contributed by atoms with van der Waals surface area (Å²) in [5, 5.41) is 3.77. The standard InChI is InChI=1S/C22H26N4O3/c1-23-15-8-10-26(11-9-15)16-6-4-14(5-7-16)21-24-18-12-17(28-2)13-19(29-3)20(18)22(27)25-21/h4-7,12-13,15,23H,8-11H2,1-3H3,(H,24,25,27). The van der Waals surface area contributed by atoms with Gasteiger partial charge in [0.15, 0.2) is 0 Å². The summed E-state index contributed by atoms with van der Waals surface area (Å²) < 4.78 is 10.7. The van der Waals surface area contributed by atoms with E-state index in [1.54, 1.807) is 19.2 Å². The van der Waals surface area contributed by atoms with E-state index in [0.29, 0.717) is 34.3 Å². The van der Waals surface area contributed by atoms with E-state index < -0.39 is 0 Å². The Morgan fingerprint density at radius 2 is 1.83 bits per heavy atom. The van der Waals surface area contributed by atoms with Gasteiger partial charge in [0, 0.05) is 42.5 Å². The minimum Gasteiger partial charge on any atom is -0.497 e. The number of fused-ring (bicyclic) bond motifs is 1. The predicted molar refractivity (Wildman–Crippen MR) is 115 cm³/mol. The number of anilines is 1. The Hall–Kier alpha value is -3.06. The lowest BCUT2D eigenvalue weighted by Gasteiger charge is -2.33. The minimum atomic E-state index is -0.234. The van der Waals surface area contributed by atoms with Crippen molar-refractivity contribution in [2.45, 2.75) is 18.9 Å². The second-order valence-electron chi connectivity index (χ2n) is 7.24. The highest BCUT2D eigenvalue weighted by molar-refractivity contribution is 5.87. The number of rotatable bonds is 5. The van der Waals surface area contributed by atoms with Crippen molar-refractivity contribution in [3.8, 4) is 22.9 Å². The van der Waals surface area contributed by atoms with Crippen LogP contribution in [-0.2, 0) is 0 Å². The van der Waals surface area contributed by atoms with Crippen LogP contribution in [0.3, 0.4) is 0 Å². The van der Waals surface area contributed by atoms with Crippen molar-refractivity contribution in [2.24, 2.45) is 0 Å². The van der Waals surface area contributed by atoms with E-state index in [1.165, 1.54) is 12.8 Å². The van der Waals surface area contributed by atoms with Gasteiger partial charge in [-0.1, -0.05) is 0 Å². The SMILES string of the molecule is CNC1CCN(c2ccc(-c3nc4cc(OC)cc(OC)c4c(=O)[nH]3)cc2)CC1. The smallest absolute Gasteiger partial charge is 0.262 e. The first-order valence-electron chi connectivity index (χ1n) is 9.81. The van der Waals surface area contributed by atoms with Gasteiger partial charge in [-0.25, -0.2) is 4.98 Å². The Labute approximate surface area is 169 Å². The van der Waals surface area contributed by atoms with Gasteiger partial charge in [0.2, 0.25) is 0 Å². The number of benzene rings is 2. The largest absolute Gasteiger partial charge is 0.497 e. The van der Waals surface area contributed by atoms with Crippen molar-refractivity contribution < 1.29 is 9.47 Å². The van der Waals surface area contributed by atoms with E-state index in [0.717, 1.165) is 31.5 Å². The maximum atomic E-state index is 12.7. The summed E-state index contributed by atoms with van der Waals surface area (Å²) in [6.07, 6.45) is 2.28. The first kappa shape index (κ1) is 19.3. The minimum absolute atomic E-state index is 0.234. The average molecular weight is 394 g/mol. The van der Waals surface area contributed by atoms with Crippen LogP contribution in [0.2, 0.25) is 0 Å². The van der Waals surface area contributed by atoms with E-state index in [-0.39, 0.29) is 5.56 Å². The zero-order valence-electron chi connectivity index (χ0n) is 17.0. The van der Waals surface area contributed by atoms with E-state index in [4.69, 9.17) is 9.47 Å². The van der Waals surface area contributed by atoms with Gasteiger partial charge < -0.3 is 24.7 Å². The molecule has 0 spiro atoms. The molecule has 2 N–H and O–H groups in total. The summed E-state index contributed by atoms with van der Waals surface area (Å²) in [6, 6.07) is 12.2. The summed E-state index contributed by atoms with van der Waals surface area (Å²) in [5.41, 5.74) is 2.36. The van der Waals surface area contributed by atoms with Gasteiger partial charge in [-0.05, 0) is 44.2 Å². The summed E-state index contributed by atoms with van der Waals surface area (Å²) in [5.74, 6) is 1.57. The van der Waals surface area contributed by atoms with Gasteiger partial charge in [0.05, 0.1) is 19.7 Å². The third kappa shape index (κ3) is 3.78. The topological polar surface area (TPSA) is 79.5 Å². The lowest BCUT2D eigenvalue weighted by molar-refractivity contribution is 0.397. The number of H-pyrrole nitrogens is 1. The molecule has 152 valence electrons. The molecular weight excluding hydrogens is 368 g/mol. The summed E-state index contributed by atoms with van der Waals surface area (Å²) in [6.45, 7) is 2.07. The molecule has 1 saturated heterocycles. The number of aromatic amines is 1. The van der Waals surface area contributed by atoms with Crippen LogP contribution in [0.1, 0.15) is 12.8 Å². The van der Waals surface area contributed by atoms with Gasteiger partial charge in [-0.2, -0.15) is 0 Å². The number of ether oxygens (including phenoxy) is 2. The molecule has 7 heteroatoms. The third-order valence-electron chi connectivity index (χ3n) is 5.61. The zero-order valence-corrected chi connectivity index (χ0v) is 17.0. The Kier molecular flexibility index (Phi) is 5.40. The second-order valence-corrected chi connectivity index (χ2v) is 7.24. The Morgan fingerprint density at radius 3 is 2.45 bits per heavy atom. The molecular formula is C22H26N4O3. The third-order valence-corrected chi connectivity index (χ3v) is 5.61. The lowest BCUT2D eigenvalue weighted by atomic mass is 10.0. The molecule has 0 aliphatic carbocycles. The van der Waals surface area contributed by atoms with Crippen LogP contribution in [0.25, 0.3) is 22.3 Å². The van der Waals surface area contributed by atoms with Gasteiger partial charge in [0.25, 0.3) is 5.56 Å². The molecule has 0 radical (unpaired) electrons. The maximum absolute atomic E-state index is 12.7. The summed E-state index contributed by atoms with van der Waals surface area (Å²) in [7, 11) is 5.13. The van der Waals surface area contributed by atoms with E-state index in [2.05, 4.69) is 32.3 Å². The van der Waals surface area contributed by atoms with Crippen molar-refractivity contribution in [3.63, 3.8) is 0 Å². The number of hydrogen-bond acceptors (Lipinski definition) is 6. The van der Waals surface area contributed by atoms with Crippen LogP contribution >= 0.6 is 0 Å². The molecule has 7 nitrogen and oxygen atoms in total. The molecule has 2 aromatic carbocycles. The quantitative estimate of drug-likeness (QED) is 0.693. The van der Waals surface area contributed by atoms with E-state index in [9.17, 15) is 4.79 Å². The number of nitrogens with one attached hydrogen (secondary N) is 2. The normalized spacial score (nSPS) is 14.9. The average Bonchev–Trinajstić information content (AvgIpc) is 2.78. The number of methoxy groups -OCH3 is 2. The Balaban J connectivity index is 1.65. The number of hydrogen-bond donors (Lipinski definition) is 2. The van der Waals surface area contributed by atoms with Gasteiger partial charge in [0.1, 0.15) is 22.7 Å². The van der Waals surface area contributed by atoms with Crippen LogP contribution in [-0.4, -0.2) is 50.4 Å². The molecule has 3 aromatic rings. The van der Waals surface area contributed by atoms with Crippen LogP contribution in [0.5, 0.6) is 11.5 Å². The fourth-order valence-corrected chi connectivity index (χ4v) is 3.88. The highest BCUT2D eigenvalue weighted by atomic mass is 16.5. The zero-order chi connectivity index (χ0) is 20.4. The molecule has 1 aliphatic heterocycles. The molecule has 0 saturated carbocycles. The summed E-state index contributed by atoms with van der Waals surface area (Å²) >= 11 is 0. The molecule has 29 heavy (non-hydrogen) atoms. The molecule has 1 aliphatic rings. The van der Waals surface area contributed by atoms with Crippen molar-refractivity contribution >= 4 is 16.6 Å². The number of piperidine rings is 1. The molecule has 1 aromatic heterocycles. The molecule has 0 atom stereocenters. The van der Waals surface area contributed by atoms with Crippen LogP contribution in [0, 0.1) is 0 Å². The van der Waals surface area contributed by atoms with Crippen LogP contribution < -0.4 is 25.2 Å². The number of aromatic nitrogens is 2. The molecule has 2 heterocycles. The monoisotopic (exact) mass is 394 g/mol. The fourth-order valence-electron chi connectivity index (χ4n) is 3.88. The molecule has 0 amide bonds. The van der Waals surface area contributed by atoms with E-state index >= 15 is 0 Å². The first-order valence-corrected chi connectivity index (χ1v) is 9.81. The molecule has 0 unspecified atom stereocenters. The maximum Gasteiger partial charge on any atom is 0.262 e. The van der Waals surface area contributed by atoms with Gasteiger partial charge >= 0.3 is 0 Å². The van der Waals surface area contributed by atoms with Crippen molar-refractivity contribution in [3.05, 3.63) is 46.8 Å². The number of nitrogens with zero attached hydrogens (tertiary/aromatic N) is 2. The van der Waals surface area contributed by atoms with Crippen LogP contribution in [0.4, 0.5) is 5.69 Å². The van der Waals surface area contributed by atoms with E-state index in [1.807, 2.05) is 19.2 Å². The Morgan fingerprint density at radius 1 is 1.10 bits per heavy atom. The fraction of sp³-hybridized carbons (Fsp3) is 0.364. The van der Waals surface area contributed by atoms with Crippen molar-refractivity contribution in [1.82, 2.24) is 15.3 Å². The summed E-state index contributed by atoms with van der Waals surface area (Å²) in [4.78, 5) is 22.6. The lowest BCUT2D eigenvalue weighted by Crippen LogP contribution is -2.41. The molecule has 0 bridgehead atoms. The molecule has 4 rings (SSSR count). The predicted octanol–water partition coefficient (Wildman–Crippen LogP) is 2.80. The van der Waals surface area contributed by atoms with Crippen molar-refractivity contribution in [1.29, 1.82) is 0 Å². The van der Waals surface area contributed by atoms with Crippen molar-refractivity contribution in [2.75, 3.05) is 39.3 Å². The highest BCUT2D eigenvalue weighted by Gasteiger charge is 2.18. The van der Waals surface area contributed by atoms with Gasteiger partial charge in [-0.15, -0.1) is 0 Å². The van der Waals surface area contributed by atoms with Gasteiger partial charge in [-0.3, -0.25) is 4.79 Å². The second kappa shape index (κ2) is 8.13. The Bertz CT molecular complexity index is 1050.